The van der Waals surface area contributed by atoms with E-state index in [9.17, 15) is 9.59 Å². The molecule has 6 nitrogen and oxygen atoms in total. The number of morpholine rings is 1. The zero-order chi connectivity index (χ0) is 18.3. The van der Waals surface area contributed by atoms with Gasteiger partial charge in [-0.05, 0) is 32.9 Å². The van der Waals surface area contributed by atoms with Crippen molar-refractivity contribution in [3.63, 3.8) is 0 Å². The van der Waals surface area contributed by atoms with Gasteiger partial charge in [-0.25, -0.2) is 4.79 Å². The monoisotopic (exact) mass is 349 g/mol. The summed E-state index contributed by atoms with van der Waals surface area (Å²) < 4.78 is 15.9. The summed E-state index contributed by atoms with van der Waals surface area (Å²) in [7, 11) is 0. The van der Waals surface area contributed by atoms with Gasteiger partial charge in [-0.15, -0.1) is 0 Å². The second-order valence-corrected chi connectivity index (χ2v) is 7.03. The van der Waals surface area contributed by atoms with Gasteiger partial charge < -0.3 is 14.2 Å². The van der Waals surface area contributed by atoms with Gasteiger partial charge in [0.2, 0.25) is 0 Å². The van der Waals surface area contributed by atoms with Crippen LogP contribution in [0.1, 0.15) is 37.6 Å². The molecule has 1 aromatic rings. The molecule has 138 valence electrons. The van der Waals surface area contributed by atoms with Crippen molar-refractivity contribution in [2.45, 2.75) is 32.8 Å². The van der Waals surface area contributed by atoms with E-state index >= 15 is 0 Å². The minimum Gasteiger partial charge on any atom is -0.482 e. The maximum absolute atomic E-state index is 12.4. The summed E-state index contributed by atoms with van der Waals surface area (Å²) in [4.78, 5) is 26.3. The average molecular weight is 349 g/mol. The van der Waals surface area contributed by atoms with Crippen LogP contribution in [0.25, 0.3) is 0 Å². The summed E-state index contributed by atoms with van der Waals surface area (Å²) in [5.41, 5.74) is 0.0486. The lowest BCUT2D eigenvalue weighted by atomic mass is 10.1. The highest BCUT2D eigenvalue weighted by atomic mass is 16.6. The lowest BCUT2D eigenvalue weighted by molar-refractivity contribution is -0.157. The highest BCUT2D eigenvalue weighted by Crippen LogP contribution is 2.16. The Balaban J connectivity index is 1.83. The molecule has 2 rings (SSSR count). The van der Waals surface area contributed by atoms with E-state index in [0.717, 1.165) is 32.8 Å². The number of ether oxygens (including phenoxy) is 3. The van der Waals surface area contributed by atoms with Crippen molar-refractivity contribution in [3.8, 4) is 5.75 Å². The fourth-order valence-electron chi connectivity index (χ4n) is 2.50. The number of nitrogens with zero attached hydrogens (tertiary/aromatic N) is 1. The molecule has 1 fully saturated rings. The van der Waals surface area contributed by atoms with Gasteiger partial charge in [-0.1, -0.05) is 12.1 Å². The predicted molar refractivity (Wildman–Crippen MR) is 94.0 cm³/mol. The molecule has 0 N–H and O–H groups in total. The van der Waals surface area contributed by atoms with E-state index in [4.69, 9.17) is 14.2 Å². The Morgan fingerprint density at radius 3 is 2.60 bits per heavy atom. The molecule has 0 spiro atoms. The Morgan fingerprint density at radius 2 is 1.92 bits per heavy atom. The zero-order valence-corrected chi connectivity index (χ0v) is 15.2. The summed E-state index contributed by atoms with van der Waals surface area (Å²) in [5.74, 6) is 0.119. The molecule has 1 aliphatic heterocycles. The van der Waals surface area contributed by atoms with E-state index in [1.165, 1.54) is 0 Å². The highest BCUT2D eigenvalue weighted by Gasteiger charge is 2.17. The van der Waals surface area contributed by atoms with E-state index in [0.29, 0.717) is 17.7 Å². The van der Waals surface area contributed by atoms with Gasteiger partial charge in [0.1, 0.15) is 11.4 Å². The molecule has 1 aromatic carbocycles. The molecule has 0 aromatic heterocycles. The summed E-state index contributed by atoms with van der Waals surface area (Å²) in [6.07, 6.45) is 0.454. The predicted octanol–water partition coefficient (Wildman–Crippen LogP) is 2.31. The topological polar surface area (TPSA) is 65.1 Å². The van der Waals surface area contributed by atoms with Crippen molar-refractivity contribution in [1.82, 2.24) is 4.90 Å². The van der Waals surface area contributed by atoms with Gasteiger partial charge in [-0.2, -0.15) is 0 Å². The molecule has 1 heterocycles. The third-order valence-electron chi connectivity index (χ3n) is 3.69. The fourth-order valence-corrected chi connectivity index (χ4v) is 2.50. The van der Waals surface area contributed by atoms with Crippen LogP contribution in [-0.4, -0.2) is 61.7 Å². The highest BCUT2D eigenvalue weighted by molar-refractivity contribution is 5.96. The molecule has 0 atom stereocenters. The van der Waals surface area contributed by atoms with E-state index in [2.05, 4.69) is 4.90 Å². The summed E-state index contributed by atoms with van der Waals surface area (Å²) in [6.45, 7) is 9.15. The molecular weight excluding hydrogens is 322 g/mol. The number of benzene rings is 1. The molecule has 0 radical (unpaired) electrons. The SMILES string of the molecule is CC(C)(C)OC(=O)COc1cccc(C(=O)CCN2CCOCC2)c1. The standard InChI is InChI=1S/C19H27NO5/c1-19(2,3)25-18(22)14-24-16-6-4-5-15(13-16)17(21)7-8-20-9-11-23-12-10-20/h4-6,13H,7-12,14H2,1-3H3. The van der Waals surface area contributed by atoms with Crippen LogP contribution in [-0.2, 0) is 14.3 Å². The van der Waals surface area contributed by atoms with Crippen LogP contribution in [0.3, 0.4) is 0 Å². The fraction of sp³-hybridized carbons (Fsp3) is 0.579. The van der Waals surface area contributed by atoms with Crippen LogP contribution < -0.4 is 4.74 Å². The zero-order valence-electron chi connectivity index (χ0n) is 15.2. The molecule has 6 heteroatoms. The van der Waals surface area contributed by atoms with Crippen LogP contribution in [0.15, 0.2) is 24.3 Å². The van der Waals surface area contributed by atoms with Gasteiger partial charge in [-0.3, -0.25) is 9.69 Å². The number of rotatable bonds is 7. The van der Waals surface area contributed by atoms with Crippen LogP contribution in [0.5, 0.6) is 5.75 Å². The summed E-state index contributed by atoms with van der Waals surface area (Å²) >= 11 is 0. The number of hydrogen-bond acceptors (Lipinski definition) is 6. The number of hydrogen-bond donors (Lipinski definition) is 0. The third-order valence-corrected chi connectivity index (χ3v) is 3.69. The average Bonchev–Trinajstić information content (AvgIpc) is 2.57. The Labute approximate surface area is 149 Å². The van der Waals surface area contributed by atoms with Crippen molar-refractivity contribution in [1.29, 1.82) is 0 Å². The molecule has 1 aliphatic rings. The van der Waals surface area contributed by atoms with Crippen LogP contribution in [0.2, 0.25) is 0 Å². The number of ketones is 1. The number of carbonyl (C=O) groups excluding carboxylic acids is 2. The molecule has 1 saturated heterocycles. The minimum atomic E-state index is -0.544. The van der Waals surface area contributed by atoms with Crippen LogP contribution in [0.4, 0.5) is 0 Å². The minimum absolute atomic E-state index is 0.0641. The number of esters is 1. The Morgan fingerprint density at radius 1 is 1.20 bits per heavy atom. The van der Waals surface area contributed by atoms with Crippen molar-refractivity contribution < 1.29 is 23.8 Å². The third kappa shape index (κ3) is 7.23. The lowest BCUT2D eigenvalue weighted by Gasteiger charge is -2.26. The first-order chi connectivity index (χ1) is 11.8. The maximum Gasteiger partial charge on any atom is 0.344 e. The molecule has 0 saturated carbocycles. The van der Waals surface area contributed by atoms with E-state index in [1.807, 2.05) is 0 Å². The van der Waals surface area contributed by atoms with Gasteiger partial charge in [0.15, 0.2) is 12.4 Å². The van der Waals surface area contributed by atoms with Crippen molar-refractivity contribution in [3.05, 3.63) is 29.8 Å². The Hall–Kier alpha value is -1.92. The van der Waals surface area contributed by atoms with E-state index < -0.39 is 11.6 Å². The first-order valence-corrected chi connectivity index (χ1v) is 8.61. The van der Waals surface area contributed by atoms with E-state index in [1.54, 1.807) is 45.0 Å². The molecule has 0 unspecified atom stereocenters. The van der Waals surface area contributed by atoms with Gasteiger partial charge in [0, 0.05) is 31.6 Å². The van der Waals surface area contributed by atoms with Crippen molar-refractivity contribution in [2.75, 3.05) is 39.5 Å². The molecule has 0 bridgehead atoms. The van der Waals surface area contributed by atoms with Crippen molar-refractivity contribution >= 4 is 11.8 Å². The van der Waals surface area contributed by atoms with E-state index in [-0.39, 0.29) is 12.4 Å². The molecule has 25 heavy (non-hydrogen) atoms. The number of carbonyl (C=O) groups is 2. The van der Waals surface area contributed by atoms with Gasteiger partial charge in [0.05, 0.1) is 13.2 Å². The maximum atomic E-state index is 12.4. The first-order valence-electron chi connectivity index (χ1n) is 8.61. The smallest absolute Gasteiger partial charge is 0.344 e. The normalized spacial score (nSPS) is 15.6. The largest absolute Gasteiger partial charge is 0.482 e. The molecule has 0 aliphatic carbocycles. The molecule has 0 amide bonds. The van der Waals surface area contributed by atoms with Crippen LogP contribution >= 0.6 is 0 Å². The number of Topliss-reactive ketones (excluding diaryl/α,β-unsaturated/α-hetero) is 1. The summed E-state index contributed by atoms with van der Waals surface area (Å²) in [5, 5.41) is 0. The van der Waals surface area contributed by atoms with Gasteiger partial charge >= 0.3 is 5.97 Å². The first kappa shape index (κ1) is 19.4. The van der Waals surface area contributed by atoms with Gasteiger partial charge in [0.25, 0.3) is 0 Å². The van der Waals surface area contributed by atoms with Crippen LogP contribution in [0, 0.1) is 0 Å². The quantitative estimate of drug-likeness (QED) is 0.556. The second kappa shape index (κ2) is 8.97. The lowest BCUT2D eigenvalue weighted by Crippen LogP contribution is -2.37. The Kier molecular flexibility index (Phi) is 6.96. The van der Waals surface area contributed by atoms with Crippen molar-refractivity contribution in [2.24, 2.45) is 0 Å². The molecular formula is C19H27NO5. The second-order valence-electron chi connectivity index (χ2n) is 7.03. The summed E-state index contributed by atoms with van der Waals surface area (Å²) in [6, 6.07) is 6.92. The Bertz CT molecular complexity index is 588.